The van der Waals surface area contributed by atoms with E-state index in [-0.39, 0.29) is 29.4 Å². The lowest BCUT2D eigenvalue weighted by Crippen LogP contribution is -2.38. The van der Waals surface area contributed by atoms with Gasteiger partial charge in [0.05, 0.1) is 5.25 Å². The smallest absolute Gasteiger partial charge is 0.303 e. The number of thioether (sulfide) groups is 1. The van der Waals surface area contributed by atoms with Gasteiger partial charge in [0.2, 0.25) is 5.91 Å². The van der Waals surface area contributed by atoms with E-state index in [1.807, 2.05) is 39.0 Å². The molecule has 4 nitrogen and oxygen atoms in total. The van der Waals surface area contributed by atoms with E-state index in [9.17, 15) is 9.59 Å². The van der Waals surface area contributed by atoms with Crippen molar-refractivity contribution in [3.63, 3.8) is 0 Å². The van der Waals surface area contributed by atoms with E-state index in [0.29, 0.717) is 6.54 Å². The third-order valence-corrected chi connectivity index (χ3v) is 4.90. The third kappa shape index (κ3) is 6.98. The van der Waals surface area contributed by atoms with Crippen LogP contribution in [0.15, 0.2) is 30.3 Å². The van der Waals surface area contributed by atoms with Gasteiger partial charge in [0.25, 0.3) is 0 Å². The Morgan fingerprint density at radius 3 is 2.36 bits per heavy atom. The molecule has 0 bridgehead atoms. The van der Waals surface area contributed by atoms with E-state index >= 15 is 0 Å². The van der Waals surface area contributed by atoms with Crippen molar-refractivity contribution in [2.75, 3.05) is 6.54 Å². The van der Waals surface area contributed by atoms with Gasteiger partial charge in [-0.2, -0.15) is 0 Å². The van der Waals surface area contributed by atoms with Gasteiger partial charge in [0.15, 0.2) is 0 Å². The number of carboxylic acids is 1. The van der Waals surface area contributed by atoms with Crippen molar-refractivity contribution in [2.24, 2.45) is 11.8 Å². The van der Waals surface area contributed by atoms with E-state index in [1.165, 1.54) is 5.56 Å². The van der Waals surface area contributed by atoms with Crippen molar-refractivity contribution in [3.05, 3.63) is 35.9 Å². The van der Waals surface area contributed by atoms with Gasteiger partial charge in [0.1, 0.15) is 0 Å². The van der Waals surface area contributed by atoms with Crippen molar-refractivity contribution in [1.29, 1.82) is 0 Å². The molecule has 0 saturated heterocycles. The van der Waals surface area contributed by atoms with Crippen LogP contribution >= 0.6 is 11.8 Å². The normalized spacial score (nSPS) is 13.6. The molecule has 0 aliphatic carbocycles. The number of hydrogen-bond donors (Lipinski definition) is 2. The second-order valence-electron chi connectivity index (χ2n) is 5.91. The lowest BCUT2D eigenvalue weighted by atomic mass is 10.1. The van der Waals surface area contributed by atoms with E-state index < -0.39 is 5.97 Å². The topological polar surface area (TPSA) is 66.4 Å². The van der Waals surface area contributed by atoms with Crippen molar-refractivity contribution >= 4 is 23.6 Å². The number of hydrogen-bond acceptors (Lipinski definition) is 3. The van der Waals surface area contributed by atoms with Crippen LogP contribution in [-0.2, 0) is 15.3 Å². The minimum atomic E-state index is -0.833. The van der Waals surface area contributed by atoms with Gasteiger partial charge in [-0.3, -0.25) is 9.59 Å². The molecule has 1 rings (SSSR count). The number of aliphatic carboxylic acids is 1. The number of benzene rings is 1. The molecule has 0 fully saturated rings. The molecule has 1 amide bonds. The number of amides is 1. The quantitative estimate of drug-likeness (QED) is 0.732. The predicted octanol–water partition coefficient (Wildman–Crippen LogP) is 3.17. The summed E-state index contributed by atoms with van der Waals surface area (Å²) < 4.78 is 0. The lowest BCUT2D eigenvalue weighted by Gasteiger charge is -2.21. The van der Waals surface area contributed by atoms with Crippen LogP contribution in [0.25, 0.3) is 0 Å². The summed E-state index contributed by atoms with van der Waals surface area (Å²) in [5, 5.41) is 11.5. The van der Waals surface area contributed by atoms with Crippen LogP contribution in [0.1, 0.15) is 32.8 Å². The van der Waals surface area contributed by atoms with E-state index in [4.69, 9.17) is 5.11 Å². The third-order valence-electron chi connectivity index (χ3n) is 3.28. The average molecular weight is 323 g/mol. The van der Waals surface area contributed by atoms with Crippen LogP contribution < -0.4 is 5.32 Å². The molecule has 0 heterocycles. The zero-order valence-electron chi connectivity index (χ0n) is 13.4. The Balaban J connectivity index is 2.48. The summed E-state index contributed by atoms with van der Waals surface area (Å²) in [4.78, 5) is 23.0. The first-order chi connectivity index (χ1) is 10.4. The number of carbonyl (C=O) groups excluding carboxylic acids is 1. The summed E-state index contributed by atoms with van der Waals surface area (Å²) in [6, 6.07) is 10.1. The van der Waals surface area contributed by atoms with Gasteiger partial charge < -0.3 is 10.4 Å². The summed E-state index contributed by atoms with van der Waals surface area (Å²) in [5.41, 5.74) is 1.20. The van der Waals surface area contributed by atoms with Crippen LogP contribution in [0.5, 0.6) is 0 Å². The first kappa shape index (κ1) is 18.6. The largest absolute Gasteiger partial charge is 0.481 e. The summed E-state index contributed by atoms with van der Waals surface area (Å²) in [5.74, 6) is 0.118. The number of carboxylic acid groups (broad SMARTS) is 1. The SMILES string of the molecule is CC(CNC(=O)C(SCc1ccccc1)C(C)C)CC(=O)O. The molecule has 0 aliphatic heterocycles. The highest BCUT2D eigenvalue weighted by Gasteiger charge is 2.23. The van der Waals surface area contributed by atoms with E-state index in [1.54, 1.807) is 11.8 Å². The second kappa shape index (κ2) is 9.51. The molecule has 0 radical (unpaired) electrons. The molecule has 1 aromatic rings. The monoisotopic (exact) mass is 323 g/mol. The number of nitrogens with one attached hydrogen (secondary N) is 1. The van der Waals surface area contributed by atoms with Crippen molar-refractivity contribution in [3.8, 4) is 0 Å². The summed E-state index contributed by atoms with van der Waals surface area (Å²) >= 11 is 1.63. The zero-order chi connectivity index (χ0) is 16.5. The molecular formula is C17H25NO3S. The molecule has 1 aromatic carbocycles. The van der Waals surface area contributed by atoms with Crippen molar-refractivity contribution < 1.29 is 14.7 Å². The Morgan fingerprint density at radius 2 is 1.82 bits per heavy atom. The van der Waals surface area contributed by atoms with Gasteiger partial charge in [-0.05, 0) is 17.4 Å². The zero-order valence-corrected chi connectivity index (χ0v) is 14.2. The Kier molecular flexibility index (Phi) is 8.02. The lowest BCUT2D eigenvalue weighted by molar-refractivity contribution is -0.138. The van der Waals surface area contributed by atoms with Gasteiger partial charge in [-0.1, -0.05) is 51.1 Å². The summed E-state index contributed by atoms with van der Waals surface area (Å²) in [6.07, 6.45) is 0.0732. The Bertz CT molecular complexity index is 476. The first-order valence-corrected chi connectivity index (χ1v) is 8.60. The molecule has 0 spiro atoms. The molecule has 2 atom stereocenters. The molecule has 122 valence electrons. The molecule has 2 N–H and O–H groups in total. The van der Waals surface area contributed by atoms with Gasteiger partial charge in [-0.25, -0.2) is 0 Å². The molecule has 0 aliphatic rings. The fourth-order valence-electron chi connectivity index (χ4n) is 2.08. The highest BCUT2D eigenvalue weighted by Crippen LogP contribution is 2.24. The van der Waals surface area contributed by atoms with Crippen molar-refractivity contribution in [2.45, 2.75) is 38.2 Å². The van der Waals surface area contributed by atoms with Gasteiger partial charge in [0, 0.05) is 18.7 Å². The molecule has 2 unspecified atom stereocenters. The fourth-order valence-corrected chi connectivity index (χ4v) is 3.26. The minimum absolute atomic E-state index is 0.00632. The Labute approximate surface area is 136 Å². The first-order valence-electron chi connectivity index (χ1n) is 7.55. The Hall–Kier alpha value is -1.49. The van der Waals surface area contributed by atoms with Crippen LogP contribution in [0.3, 0.4) is 0 Å². The molecule has 0 aromatic heterocycles. The maximum Gasteiger partial charge on any atom is 0.303 e. The number of carbonyl (C=O) groups is 2. The maximum atomic E-state index is 12.3. The second-order valence-corrected chi connectivity index (χ2v) is 7.04. The highest BCUT2D eigenvalue weighted by atomic mass is 32.2. The predicted molar refractivity (Wildman–Crippen MR) is 90.8 cm³/mol. The highest BCUT2D eigenvalue weighted by molar-refractivity contribution is 7.99. The fraction of sp³-hybridized carbons (Fsp3) is 0.529. The summed E-state index contributed by atoms with van der Waals surface area (Å²) in [7, 11) is 0. The Morgan fingerprint density at radius 1 is 1.18 bits per heavy atom. The minimum Gasteiger partial charge on any atom is -0.481 e. The average Bonchev–Trinajstić information content (AvgIpc) is 2.45. The number of rotatable bonds is 9. The van der Waals surface area contributed by atoms with Crippen LogP contribution in [0.2, 0.25) is 0 Å². The van der Waals surface area contributed by atoms with Gasteiger partial charge >= 0.3 is 5.97 Å². The summed E-state index contributed by atoms with van der Waals surface area (Å²) in [6.45, 7) is 6.29. The van der Waals surface area contributed by atoms with Gasteiger partial charge in [-0.15, -0.1) is 11.8 Å². The van der Waals surface area contributed by atoms with Crippen LogP contribution in [0.4, 0.5) is 0 Å². The van der Waals surface area contributed by atoms with Crippen LogP contribution in [0, 0.1) is 11.8 Å². The molecule has 5 heteroatoms. The standard InChI is InChI=1S/C17H25NO3S/c1-12(2)16(22-11-14-7-5-4-6-8-14)17(21)18-10-13(3)9-15(19)20/h4-8,12-13,16H,9-11H2,1-3H3,(H,18,21)(H,19,20). The maximum absolute atomic E-state index is 12.3. The molecule has 0 saturated carbocycles. The molecule has 22 heavy (non-hydrogen) atoms. The van der Waals surface area contributed by atoms with Crippen molar-refractivity contribution in [1.82, 2.24) is 5.32 Å². The molecular weight excluding hydrogens is 298 g/mol. The van der Waals surface area contributed by atoms with E-state index in [0.717, 1.165) is 5.75 Å². The van der Waals surface area contributed by atoms with Crippen LogP contribution in [-0.4, -0.2) is 28.8 Å². The van der Waals surface area contributed by atoms with E-state index in [2.05, 4.69) is 17.4 Å².